The lowest BCUT2D eigenvalue weighted by Gasteiger charge is -2.36. The second kappa shape index (κ2) is 2.73. The van der Waals surface area contributed by atoms with Crippen LogP contribution in [-0.4, -0.2) is 19.8 Å². The minimum Gasteiger partial charge on any atom is -0.299 e. The van der Waals surface area contributed by atoms with Gasteiger partial charge in [-0.05, 0) is 11.6 Å². The van der Waals surface area contributed by atoms with Crippen molar-refractivity contribution in [2.45, 2.75) is 12.2 Å². The van der Waals surface area contributed by atoms with Crippen LogP contribution in [0, 0.1) is 0 Å². The van der Waals surface area contributed by atoms with E-state index in [0.717, 1.165) is 11.3 Å². The first-order chi connectivity index (χ1) is 5.67. The first-order valence-corrected chi connectivity index (χ1v) is 5.72. The van der Waals surface area contributed by atoms with Crippen molar-refractivity contribution in [1.82, 2.24) is 4.98 Å². The van der Waals surface area contributed by atoms with Gasteiger partial charge in [0.1, 0.15) is 0 Å². The van der Waals surface area contributed by atoms with E-state index in [9.17, 15) is 9.11 Å². The summed E-state index contributed by atoms with van der Waals surface area (Å²) < 4.78 is 18.9. The smallest absolute Gasteiger partial charge is 0.0642 e. The second-order valence-corrected chi connectivity index (χ2v) is 5.31. The highest BCUT2D eigenvalue weighted by atomic mass is 32.3. The minimum atomic E-state index is -2.34. The van der Waals surface area contributed by atoms with Crippen molar-refractivity contribution < 1.29 is 9.11 Å². The first kappa shape index (κ1) is 8.04. The lowest BCUT2D eigenvalue weighted by molar-refractivity contribution is 0.481. The van der Waals surface area contributed by atoms with Crippen LogP contribution in [0.5, 0.6) is 0 Å². The Morgan fingerprint density at radius 3 is 3.08 bits per heavy atom. The molecule has 0 atom stereocenters. The highest BCUT2D eigenvalue weighted by molar-refractivity contribution is 8.23. The highest BCUT2D eigenvalue weighted by Gasteiger charge is 2.21. The van der Waals surface area contributed by atoms with E-state index in [-0.39, 0.29) is 0 Å². The summed E-state index contributed by atoms with van der Waals surface area (Å²) in [6, 6.07) is 3.75. The molecule has 4 heteroatoms. The number of aromatic nitrogens is 1. The summed E-state index contributed by atoms with van der Waals surface area (Å²) in [6.07, 6.45) is 2.44. The van der Waals surface area contributed by atoms with Gasteiger partial charge >= 0.3 is 0 Å². The van der Waals surface area contributed by atoms with Gasteiger partial charge in [-0.15, -0.1) is 0 Å². The van der Waals surface area contributed by atoms with Crippen LogP contribution in [0.2, 0.25) is 0 Å². The number of nitrogens with zero attached hydrogens (tertiary/aromatic N) is 1. The molecule has 12 heavy (non-hydrogen) atoms. The fourth-order valence-corrected chi connectivity index (χ4v) is 2.83. The van der Waals surface area contributed by atoms with Crippen LogP contribution in [0.15, 0.2) is 18.3 Å². The molecule has 1 aliphatic heterocycles. The molecule has 66 valence electrons. The van der Waals surface area contributed by atoms with E-state index in [1.54, 1.807) is 6.20 Å². The van der Waals surface area contributed by atoms with Gasteiger partial charge in [0.15, 0.2) is 0 Å². The molecule has 1 aliphatic rings. The Morgan fingerprint density at radius 1 is 1.42 bits per heavy atom. The molecular weight excluding hydrogens is 174 g/mol. The Hall–Kier alpha value is -0.580. The Morgan fingerprint density at radius 2 is 2.25 bits per heavy atom. The Kier molecular flexibility index (Phi) is 1.83. The molecule has 0 aromatic carbocycles. The molecule has 0 saturated heterocycles. The first-order valence-electron chi connectivity index (χ1n) is 3.84. The molecule has 0 radical (unpaired) electrons. The van der Waals surface area contributed by atoms with E-state index in [0.29, 0.717) is 17.9 Å². The van der Waals surface area contributed by atoms with Crippen LogP contribution in [0.25, 0.3) is 0 Å². The van der Waals surface area contributed by atoms with Crippen LogP contribution in [0.3, 0.4) is 0 Å². The number of hydrogen-bond donors (Lipinski definition) is 2. The van der Waals surface area contributed by atoms with E-state index in [4.69, 9.17) is 0 Å². The monoisotopic (exact) mass is 185 g/mol. The van der Waals surface area contributed by atoms with Crippen LogP contribution >= 0.6 is 10.6 Å². The molecule has 1 aromatic heterocycles. The van der Waals surface area contributed by atoms with Crippen molar-refractivity contribution in [3.63, 3.8) is 0 Å². The van der Waals surface area contributed by atoms with Crippen molar-refractivity contribution in [2.24, 2.45) is 0 Å². The topological polar surface area (TPSA) is 53.4 Å². The van der Waals surface area contributed by atoms with Crippen molar-refractivity contribution in [3.8, 4) is 0 Å². The zero-order chi connectivity index (χ0) is 8.60. The summed E-state index contributed by atoms with van der Waals surface area (Å²) in [5.74, 6) is 0.854. The van der Waals surface area contributed by atoms with Crippen LogP contribution in [-0.2, 0) is 12.2 Å². The van der Waals surface area contributed by atoms with Crippen LogP contribution in [0.1, 0.15) is 11.3 Å². The SMILES string of the molecule is OS1(O)CCc2ncccc2C1. The summed E-state index contributed by atoms with van der Waals surface area (Å²) >= 11 is 0. The van der Waals surface area contributed by atoms with Crippen LogP contribution < -0.4 is 0 Å². The van der Waals surface area contributed by atoms with E-state index in [2.05, 4.69) is 4.98 Å². The Balaban J connectivity index is 2.35. The maximum atomic E-state index is 9.43. The average molecular weight is 185 g/mol. The maximum Gasteiger partial charge on any atom is 0.0642 e. The van der Waals surface area contributed by atoms with Gasteiger partial charge in [-0.1, -0.05) is 6.07 Å². The van der Waals surface area contributed by atoms with Gasteiger partial charge in [-0.2, -0.15) is 10.6 Å². The zero-order valence-electron chi connectivity index (χ0n) is 6.60. The van der Waals surface area contributed by atoms with Gasteiger partial charge in [0.2, 0.25) is 0 Å². The summed E-state index contributed by atoms with van der Waals surface area (Å²) in [5, 5.41) is 0. The van der Waals surface area contributed by atoms with E-state index >= 15 is 0 Å². The van der Waals surface area contributed by atoms with Gasteiger partial charge in [-0.3, -0.25) is 14.1 Å². The third-order valence-electron chi connectivity index (χ3n) is 2.04. The summed E-state index contributed by atoms with van der Waals surface area (Å²) in [5.41, 5.74) is 2.01. The zero-order valence-corrected chi connectivity index (χ0v) is 7.42. The number of hydrogen-bond acceptors (Lipinski definition) is 3. The number of rotatable bonds is 0. The molecule has 3 nitrogen and oxygen atoms in total. The third kappa shape index (κ3) is 1.46. The summed E-state index contributed by atoms with van der Waals surface area (Å²) in [6.45, 7) is 0. The normalized spacial score (nSPS) is 22.8. The van der Waals surface area contributed by atoms with Gasteiger partial charge in [0.25, 0.3) is 0 Å². The number of aryl methyl sites for hydroxylation is 1. The van der Waals surface area contributed by atoms with Crippen molar-refractivity contribution in [1.29, 1.82) is 0 Å². The second-order valence-electron chi connectivity index (χ2n) is 3.01. The molecule has 2 heterocycles. The molecule has 2 rings (SSSR count). The largest absolute Gasteiger partial charge is 0.299 e. The molecular formula is C8H11NO2S. The molecule has 0 saturated carbocycles. The molecule has 0 spiro atoms. The summed E-state index contributed by atoms with van der Waals surface area (Å²) in [7, 11) is -2.34. The van der Waals surface area contributed by atoms with Crippen molar-refractivity contribution >= 4 is 10.6 Å². The molecule has 2 N–H and O–H groups in total. The van der Waals surface area contributed by atoms with Gasteiger partial charge < -0.3 is 0 Å². The predicted octanol–water partition coefficient (Wildman–Crippen LogP) is 1.89. The number of fused-ring (bicyclic) bond motifs is 1. The van der Waals surface area contributed by atoms with Gasteiger partial charge in [-0.25, -0.2) is 0 Å². The van der Waals surface area contributed by atoms with Crippen molar-refractivity contribution in [3.05, 3.63) is 29.6 Å². The fourth-order valence-electron chi connectivity index (χ4n) is 1.41. The molecule has 1 aromatic rings. The maximum absolute atomic E-state index is 9.43. The van der Waals surface area contributed by atoms with E-state index in [1.807, 2.05) is 12.1 Å². The van der Waals surface area contributed by atoms with Crippen LogP contribution in [0.4, 0.5) is 0 Å². The molecule has 0 unspecified atom stereocenters. The lowest BCUT2D eigenvalue weighted by atomic mass is 10.2. The molecule has 0 aliphatic carbocycles. The fraction of sp³-hybridized carbons (Fsp3) is 0.375. The van der Waals surface area contributed by atoms with Crippen molar-refractivity contribution in [2.75, 3.05) is 5.75 Å². The van der Waals surface area contributed by atoms with E-state index < -0.39 is 10.6 Å². The lowest BCUT2D eigenvalue weighted by Crippen LogP contribution is -2.16. The minimum absolute atomic E-state index is 0.385. The number of pyridine rings is 1. The van der Waals surface area contributed by atoms with Gasteiger partial charge in [0.05, 0.1) is 5.75 Å². The quantitative estimate of drug-likeness (QED) is 0.649. The molecule has 0 fully saturated rings. The highest BCUT2D eigenvalue weighted by Crippen LogP contribution is 2.46. The standard InChI is InChI=1S/C8H11NO2S/c10-12(11)5-3-8-7(6-12)2-1-4-9-8/h1-2,4,10-11H,3,5-6H2. The summed E-state index contributed by atoms with van der Waals surface area (Å²) in [4.78, 5) is 4.18. The third-order valence-corrected chi connectivity index (χ3v) is 3.67. The van der Waals surface area contributed by atoms with Gasteiger partial charge in [0, 0.05) is 24.1 Å². The van der Waals surface area contributed by atoms with E-state index in [1.165, 1.54) is 0 Å². The molecule has 0 bridgehead atoms. The predicted molar refractivity (Wildman–Crippen MR) is 49.4 cm³/mol. The molecule has 0 amide bonds. The Labute approximate surface area is 72.8 Å². The Bertz CT molecular complexity index is 301. The average Bonchev–Trinajstić information content (AvgIpc) is 2.02.